The van der Waals surface area contributed by atoms with Gasteiger partial charge in [0.05, 0.1) is 5.51 Å². The summed E-state index contributed by atoms with van der Waals surface area (Å²) in [7, 11) is 0. The molecule has 2 aromatic heterocycles. The van der Waals surface area contributed by atoms with Crippen molar-refractivity contribution in [2.75, 3.05) is 13.1 Å². The van der Waals surface area contributed by atoms with Crippen molar-refractivity contribution in [2.24, 2.45) is 11.3 Å². The van der Waals surface area contributed by atoms with Gasteiger partial charge in [0.25, 0.3) is 5.91 Å². The maximum absolute atomic E-state index is 12.9. The van der Waals surface area contributed by atoms with Crippen LogP contribution in [0.2, 0.25) is 0 Å². The number of thiazole rings is 1. The maximum atomic E-state index is 12.9. The van der Waals surface area contributed by atoms with Gasteiger partial charge in [0.2, 0.25) is 0 Å². The average molecular weight is 374 g/mol. The topological polar surface area (TPSA) is 63.9 Å². The molecule has 1 aliphatic heterocycles. The first-order valence-electron chi connectivity index (χ1n) is 9.64. The Morgan fingerprint density at radius 1 is 1.35 bits per heavy atom. The van der Waals surface area contributed by atoms with Gasteiger partial charge in [-0.05, 0) is 24.2 Å². The summed E-state index contributed by atoms with van der Waals surface area (Å²) in [6, 6.07) is 0. The predicted molar refractivity (Wildman–Crippen MR) is 101 cm³/mol. The van der Waals surface area contributed by atoms with Gasteiger partial charge in [-0.2, -0.15) is 0 Å². The molecule has 1 saturated heterocycles. The van der Waals surface area contributed by atoms with Crippen LogP contribution in [0.4, 0.5) is 0 Å². The van der Waals surface area contributed by atoms with E-state index < -0.39 is 0 Å². The molecule has 0 N–H and O–H groups in total. The summed E-state index contributed by atoms with van der Waals surface area (Å²) in [5, 5.41) is 10.6. The van der Waals surface area contributed by atoms with Gasteiger partial charge in [-0.3, -0.25) is 4.79 Å². The third-order valence-electron chi connectivity index (χ3n) is 5.95. The molecule has 2 fully saturated rings. The van der Waals surface area contributed by atoms with E-state index in [1.54, 1.807) is 5.51 Å². The first kappa shape index (κ1) is 17.6. The molecular weight excluding hydrogens is 346 g/mol. The van der Waals surface area contributed by atoms with Crippen LogP contribution < -0.4 is 0 Å². The minimum atomic E-state index is 0.0635. The number of likely N-dealkylation sites (tertiary alicyclic amines) is 1. The van der Waals surface area contributed by atoms with E-state index in [-0.39, 0.29) is 17.2 Å². The number of aromatic nitrogens is 4. The van der Waals surface area contributed by atoms with E-state index in [4.69, 9.17) is 0 Å². The molecule has 4 rings (SSSR count). The quantitative estimate of drug-likeness (QED) is 0.822. The molecule has 26 heavy (non-hydrogen) atoms. The van der Waals surface area contributed by atoms with Crippen LogP contribution >= 0.6 is 11.3 Å². The standard InChI is InChI=1S/C19H27N5OS/c1-14(2)8-24-12-21-22-17(24)15-9-23(18(25)16-10-26-13-20-16)11-19(15)6-4-3-5-7-19/h10,12-15H,3-9,11H2,1-2H3. The first-order valence-corrected chi connectivity index (χ1v) is 10.6. The SMILES string of the molecule is CC(C)Cn1cnnc1C1CN(C(=O)c2cscn2)CC12CCCCC2. The summed E-state index contributed by atoms with van der Waals surface area (Å²) in [5.41, 5.74) is 2.45. The lowest BCUT2D eigenvalue weighted by molar-refractivity contribution is 0.0753. The molecular formula is C19H27N5OS. The van der Waals surface area contributed by atoms with Crippen molar-refractivity contribution in [1.82, 2.24) is 24.6 Å². The monoisotopic (exact) mass is 373 g/mol. The third kappa shape index (κ3) is 3.17. The van der Waals surface area contributed by atoms with E-state index in [1.165, 1.54) is 43.4 Å². The van der Waals surface area contributed by atoms with Gasteiger partial charge in [-0.25, -0.2) is 4.98 Å². The van der Waals surface area contributed by atoms with Gasteiger partial charge in [-0.15, -0.1) is 21.5 Å². The molecule has 140 valence electrons. The fraction of sp³-hybridized carbons (Fsp3) is 0.684. The zero-order valence-electron chi connectivity index (χ0n) is 15.6. The van der Waals surface area contributed by atoms with Crippen molar-refractivity contribution in [3.8, 4) is 0 Å². The Bertz CT molecular complexity index is 748. The molecule has 1 atom stereocenters. The van der Waals surface area contributed by atoms with Crippen molar-refractivity contribution in [3.63, 3.8) is 0 Å². The van der Waals surface area contributed by atoms with Crippen molar-refractivity contribution in [1.29, 1.82) is 0 Å². The second-order valence-corrected chi connectivity index (χ2v) is 8.99. The summed E-state index contributed by atoms with van der Waals surface area (Å²) < 4.78 is 2.21. The lowest BCUT2D eigenvalue weighted by atomic mass is 9.67. The predicted octanol–water partition coefficient (Wildman–Crippen LogP) is 3.58. The van der Waals surface area contributed by atoms with Crippen LogP contribution in [0, 0.1) is 11.3 Å². The normalized spacial score (nSPS) is 22.4. The largest absolute Gasteiger partial charge is 0.336 e. The molecule has 1 amide bonds. The van der Waals surface area contributed by atoms with Gasteiger partial charge in [0, 0.05) is 30.9 Å². The van der Waals surface area contributed by atoms with E-state index in [2.05, 4.69) is 33.6 Å². The molecule has 0 aromatic carbocycles. The van der Waals surface area contributed by atoms with E-state index in [9.17, 15) is 4.79 Å². The lowest BCUT2D eigenvalue weighted by Crippen LogP contribution is -2.34. The molecule has 0 radical (unpaired) electrons. The van der Waals surface area contributed by atoms with Crippen LogP contribution in [0.25, 0.3) is 0 Å². The number of amides is 1. The summed E-state index contributed by atoms with van der Waals surface area (Å²) in [4.78, 5) is 19.2. The molecule has 7 heteroatoms. The molecule has 1 saturated carbocycles. The summed E-state index contributed by atoms with van der Waals surface area (Å²) in [5.74, 6) is 1.94. The summed E-state index contributed by atoms with van der Waals surface area (Å²) >= 11 is 1.48. The van der Waals surface area contributed by atoms with Crippen LogP contribution in [-0.2, 0) is 6.54 Å². The van der Waals surface area contributed by atoms with Gasteiger partial charge in [0.15, 0.2) is 0 Å². The molecule has 2 aromatic rings. The Hall–Kier alpha value is -1.76. The van der Waals surface area contributed by atoms with Crippen molar-refractivity contribution < 1.29 is 4.79 Å². The average Bonchev–Trinajstić information content (AvgIpc) is 3.35. The molecule has 0 bridgehead atoms. The zero-order valence-corrected chi connectivity index (χ0v) is 16.4. The van der Waals surface area contributed by atoms with Crippen LogP contribution in [0.5, 0.6) is 0 Å². The fourth-order valence-electron chi connectivity index (χ4n) is 4.79. The Morgan fingerprint density at radius 2 is 2.15 bits per heavy atom. The van der Waals surface area contributed by atoms with E-state index in [0.29, 0.717) is 11.6 Å². The second kappa shape index (κ2) is 7.10. The van der Waals surface area contributed by atoms with Gasteiger partial charge < -0.3 is 9.47 Å². The Balaban J connectivity index is 1.65. The minimum Gasteiger partial charge on any atom is -0.336 e. The third-order valence-corrected chi connectivity index (χ3v) is 6.54. The lowest BCUT2D eigenvalue weighted by Gasteiger charge is -2.37. The molecule has 6 nitrogen and oxygen atoms in total. The first-order chi connectivity index (χ1) is 12.6. The molecule has 1 unspecified atom stereocenters. The maximum Gasteiger partial charge on any atom is 0.273 e. The van der Waals surface area contributed by atoms with Crippen LogP contribution in [0.1, 0.15) is 68.2 Å². The number of nitrogens with zero attached hydrogens (tertiary/aromatic N) is 5. The summed E-state index contributed by atoms with van der Waals surface area (Å²) in [6.07, 6.45) is 7.99. The molecule has 2 aliphatic rings. The second-order valence-electron chi connectivity index (χ2n) is 8.27. The van der Waals surface area contributed by atoms with Crippen molar-refractivity contribution in [2.45, 2.75) is 58.4 Å². The number of hydrogen-bond donors (Lipinski definition) is 0. The molecule has 1 spiro atoms. The highest BCUT2D eigenvalue weighted by molar-refractivity contribution is 7.07. The zero-order chi connectivity index (χ0) is 18.1. The van der Waals surface area contributed by atoms with Gasteiger partial charge >= 0.3 is 0 Å². The highest BCUT2D eigenvalue weighted by Crippen LogP contribution is 2.51. The fourth-order valence-corrected chi connectivity index (χ4v) is 5.32. The van der Waals surface area contributed by atoms with Crippen molar-refractivity contribution >= 4 is 17.2 Å². The van der Waals surface area contributed by atoms with E-state index in [1.807, 2.05) is 16.6 Å². The van der Waals surface area contributed by atoms with E-state index >= 15 is 0 Å². The number of carbonyl (C=O) groups excluding carboxylic acids is 1. The summed E-state index contributed by atoms with van der Waals surface area (Å²) in [6.45, 7) is 6.91. The van der Waals surface area contributed by atoms with Crippen LogP contribution in [0.3, 0.4) is 0 Å². The Labute approximate surface area is 158 Å². The molecule has 1 aliphatic carbocycles. The van der Waals surface area contributed by atoms with Crippen LogP contribution in [-0.4, -0.2) is 43.6 Å². The Kier molecular flexibility index (Phi) is 4.82. The highest BCUT2D eigenvalue weighted by Gasteiger charge is 2.50. The number of hydrogen-bond acceptors (Lipinski definition) is 5. The highest BCUT2D eigenvalue weighted by atomic mass is 32.1. The van der Waals surface area contributed by atoms with Crippen molar-refractivity contribution in [3.05, 3.63) is 28.7 Å². The van der Waals surface area contributed by atoms with Gasteiger partial charge in [0.1, 0.15) is 17.8 Å². The minimum absolute atomic E-state index is 0.0635. The van der Waals surface area contributed by atoms with Gasteiger partial charge in [-0.1, -0.05) is 33.1 Å². The number of carbonyl (C=O) groups is 1. The van der Waals surface area contributed by atoms with E-state index in [0.717, 1.165) is 25.5 Å². The molecule has 3 heterocycles. The smallest absolute Gasteiger partial charge is 0.273 e. The van der Waals surface area contributed by atoms with Crippen LogP contribution in [0.15, 0.2) is 17.2 Å². The number of rotatable bonds is 4. The Morgan fingerprint density at radius 3 is 2.85 bits per heavy atom.